The van der Waals surface area contributed by atoms with Gasteiger partial charge in [-0.1, -0.05) is 12.1 Å². The molecule has 2 aromatic rings. The number of imide groups is 1. The SMILES string of the molecule is N=Cc1cccc2c(O)n(C3CCC(=O)NC3=O)c(O)c12. The number of nitrogens with one attached hydrogen (secondary N) is 2. The average Bonchev–Trinajstić information content (AvgIpc) is 2.72. The summed E-state index contributed by atoms with van der Waals surface area (Å²) >= 11 is 0. The Morgan fingerprint density at radius 3 is 2.71 bits per heavy atom. The summed E-state index contributed by atoms with van der Waals surface area (Å²) in [5.41, 5.74) is 0.436. The number of amides is 2. The summed E-state index contributed by atoms with van der Waals surface area (Å²) in [6.45, 7) is 0. The van der Waals surface area contributed by atoms with Crippen LogP contribution in [0.4, 0.5) is 0 Å². The highest BCUT2D eigenvalue weighted by molar-refractivity contribution is 6.06. The third-order valence-corrected chi connectivity index (χ3v) is 3.69. The lowest BCUT2D eigenvalue weighted by molar-refractivity contribution is -0.135. The minimum Gasteiger partial charge on any atom is -0.494 e. The first-order valence-corrected chi connectivity index (χ1v) is 6.43. The Hall–Kier alpha value is -2.83. The molecule has 7 heteroatoms. The van der Waals surface area contributed by atoms with Crippen LogP contribution < -0.4 is 5.32 Å². The topological polar surface area (TPSA) is 115 Å². The number of hydrogen-bond acceptors (Lipinski definition) is 5. The average molecular weight is 287 g/mol. The minimum absolute atomic E-state index is 0.140. The van der Waals surface area contributed by atoms with Crippen LogP contribution in [0.2, 0.25) is 0 Å². The third kappa shape index (κ3) is 1.85. The van der Waals surface area contributed by atoms with E-state index in [1.54, 1.807) is 18.2 Å². The maximum atomic E-state index is 11.9. The highest BCUT2D eigenvalue weighted by Crippen LogP contribution is 2.41. The molecule has 21 heavy (non-hydrogen) atoms. The molecule has 1 aliphatic rings. The van der Waals surface area contributed by atoms with Gasteiger partial charge >= 0.3 is 0 Å². The van der Waals surface area contributed by atoms with Crippen molar-refractivity contribution in [1.82, 2.24) is 9.88 Å². The summed E-state index contributed by atoms with van der Waals surface area (Å²) in [7, 11) is 0. The monoisotopic (exact) mass is 287 g/mol. The fraction of sp³-hybridized carbons (Fsp3) is 0.214. The van der Waals surface area contributed by atoms with Crippen LogP contribution in [0.3, 0.4) is 0 Å². The molecule has 2 amide bonds. The van der Waals surface area contributed by atoms with Crippen molar-refractivity contribution in [2.24, 2.45) is 0 Å². The van der Waals surface area contributed by atoms with E-state index in [2.05, 4.69) is 5.32 Å². The first kappa shape index (κ1) is 13.2. The summed E-state index contributed by atoms with van der Waals surface area (Å²) in [6, 6.07) is 4.02. The third-order valence-electron chi connectivity index (χ3n) is 3.69. The second-order valence-corrected chi connectivity index (χ2v) is 4.90. The molecule has 1 aliphatic heterocycles. The molecule has 1 aromatic carbocycles. The molecule has 0 radical (unpaired) electrons. The quantitative estimate of drug-likeness (QED) is 0.487. The Bertz CT molecular complexity index is 778. The van der Waals surface area contributed by atoms with Crippen molar-refractivity contribution >= 4 is 28.8 Å². The van der Waals surface area contributed by atoms with Crippen molar-refractivity contribution in [3.05, 3.63) is 23.8 Å². The largest absolute Gasteiger partial charge is 0.494 e. The van der Waals surface area contributed by atoms with E-state index in [0.717, 1.165) is 10.8 Å². The van der Waals surface area contributed by atoms with E-state index in [0.29, 0.717) is 16.3 Å². The van der Waals surface area contributed by atoms with Crippen molar-refractivity contribution in [1.29, 1.82) is 5.41 Å². The number of rotatable bonds is 2. The molecule has 7 nitrogen and oxygen atoms in total. The molecule has 1 atom stereocenters. The summed E-state index contributed by atoms with van der Waals surface area (Å²) in [6.07, 6.45) is 1.41. The second-order valence-electron chi connectivity index (χ2n) is 4.90. The molecule has 2 heterocycles. The van der Waals surface area contributed by atoms with E-state index in [1.165, 1.54) is 0 Å². The number of aromatic nitrogens is 1. The smallest absolute Gasteiger partial charge is 0.249 e. The zero-order valence-electron chi connectivity index (χ0n) is 11.0. The van der Waals surface area contributed by atoms with E-state index < -0.39 is 11.9 Å². The summed E-state index contributed by atoms with van der Waals surface area (Å²) in [4.78, 5) is 23.1. The van der Waals surface area contributed by atoms with Crippen molar-refractivity contribution < 1.29 is 19.8 Å². The second kappa shape index (κ2) is 4.62. The number of carbonyl (C=O) groups is 2. The van der Waals surface area contributed by atoms with E-state index >= 15 is 0 Å². The number of nitrogens with zero attached hydrogens (tertiary/aromatic N) is 1. The van der Waals surface area contributed by atoms with E-state index in [1.807, 2.05) is 0 Å². The van der Waals surface area contributed by atoms with E-state index in [-0.39, 0.29) is 30.5 Å². The molecule has 3 rings (SSSR count). The van der Waals surface area contributed by atoms with Gasteiger partial charge in [0.05, 0.1) is 5.39 Å². The molecular formula is C14H13N3O4. The van der Waals surface area contributed by atoms with Crippen molar-refractivity contribution in [2.45, 2.75) is 18.9 Å². The number of piperidine rings is 1. The number of aromatic hydroxyl groups is 2. The van der Waals surface area contributed by atoms with Gasteiger partial charge < -0.3 is 15.6 Å². The predicted octanol–water partition coefficient (Wildman–Crippen LogP) is 1.03. The van der Waals surface area contributed by atoms with Gasteiger partial charge in [0.15, 0.2) is 0 Å². The molecule has 0 bridgehead atoms. The molecular weight excluding hydrogens is 274 g/mol. The van der Waals surface area contributed by atoms with Gasteiger partial charge in [-0.2, -0.15) is 0 Å². The van der Waals surface area contributed by atoms with Crippen molar-refractivity contribution in [3.8, 4) is 11.8 Å². The number of fused-ring (bicyclic) bond motifs is 1. The zero-order valence-corrected chi connectivity index (χ0v) is 11.0. The van der Waals surface area contributed by atoms with Crippen LogP contribution in [0.5, 0.6) is 11.8 Å². The lowest BCUT2D eigenvalue weighted by atomic mass is 10.1. The predicted molar refractivity (Wildman–Crippen MR) is 74.6 cm³/mol. The molecule has 1 fully saturated rings. The van der Waals surface area contributed by atoms with Crippen LogP contribution in [-0.2, 0) is 9.59 Å². The fourth-order valence-corrected chi connectivity index (χ4v) is 2.70. The Balaban J connectivity index is 2.22. The van der Waals surface area contributed by atoms with Crippen molar-refractivity contribution in [3.63, 3.8) is 0 Å². The Morgan fingerprint density at radius 1 is 1.29 bits per heavy atom. The molecule has 1 saturated heterocycles. The lowest BCUT2D eigenvalue weighted by Gasteiger charge is -2.23. The molecule has 1 unspecified atom stereocenters. The first-order valence-electron chi connectivity index (χ1n) is 6.43. The minimum atomic E-state index is -0.853. The number of hydrogen-bond donors (Lipinski definition) is 4. The van der Waals surface area contributed by atoms with Gasteiger partial charge in [-0.15, -0.1) is 0 Å². The normalized spacial score (nSPS) is 18.8. The highest BCUT2D eigenvalue weighted by Gasteiger charge is 2.33. The lowest BCUT2D eigenvalue weighted by Crippen LogP contribution is -2.41. The molecule has 4 N–H and O–H groups in total. The van der Waals surface area contributed by atoms with Crippen LogP contribution in [0, 0.1) is 5.41 Å². The molecule has 108 valence electrons. The van der Waals surface area contributed by atoms with Crippen LogP contribution >= 0.6 is 0 Å². The molecule has 1 aromatic heterocycles. The Morgan fingerprint density at radius 2 is 2.05 bits per heavy atom. The Kier molecular flexibility index (Phi) is 2.90. The number of benzene rings is 1. The Labute approximate surface area is 119 Å². The van der Waals surface area contributed by atoms with E-state index in [4.69, 9.17) is 5.41 Å². The van der Waals surface area contributed by atoms with Gasteiger partial charge in [0.2, 0.25) is 23.6 Å². The summed E-state index contributed by atoms with van der Waals surface area (Å²) in [5.74, 6) is -1.46. The van der Waals surface area contributed by atoms with Gasteiger partial charge in [-0.05, 0) is 12.5 Å². The highest BCUT2D eigenvalue weighted by atomic mass is 16.3. The number of carbonyl (C=O) groups excluding carboxylic acids is 2. The van der Waals surface area contributed by atoms with Crippen LogP contribution in [-0.4, -0.2) is 32.8 Å². The van der Waals surface area contributed by atoms with Gasteiger partial charge in [-0.25, -0.2) is 0 Å². The van der Waals surface area contributed by atoms with Crippen molar-refractivity contribution in [2.75, 3.05) is 0 Å². The summed E-state index contributed by atoms with van der Waals surface area (Å²) < 4.78 is 1.11. The maximum absolute atomic E-state index is 11.9. The van der Waals surface area contributed by atoms with Gasteiger partial charge in [-0.3, -0.25) is 19.5 Å². The molecule has 0 saturated carbocycles. The fourth-order valence-electron chi connectivity index (χ4n) is 2.70. The van der Waals surface area contributed by atoms with Crippen LogP contribution in [0.15, 0.2) is 18.2 Å². The zero-order chi connectivity index (χ0) is 15.1. The van der Waals surface area contributed by atoms with Gasteiger partial charge in [0.1, 0.15) is 6.04 Å². The first-order chi connectivity index (χ1) is 10.0. The summed E-state index contributed by atoms with van der Waals surface area (Å²) in [5, 5.41) is 30.9. The molecule has 0 aliphatic carbocycles. The molecule has 0 spiro atoms. The van der Waals surface area contributed by atoms with Gasteiger partial charge in [0.25, 0.3) is 0 Å². The van der Waals surface area contributed by atoms with Crippen LogP contribution in [0.1, 0.15) is 24.4 Å². The standard InChI is InChI=1S/C14H13N3O4/c15-6-7-2-1-3-8-11(7)14(21)17(13(8)20)9-4-5-10(18)16-12(9)19/h1-3,6,9,15,20-21H,4-5H2,(H,16,18,19). The van der Waals surface area contributed by atoms with E-state index in [9.17, 15) is 19.8 Å². The van der Waals surface area contributed by atoms with Crippen LogP contribution in [0.25, 0.3) is 10.8 Å². The maximum Gasteiger partial charge on any atom is 0.249 e. The van der Waals surface area contributed by atoms with Gasteiger partial charge in [0, 0.05) is 23.6 Å².